The van der Waals surface area contributed by atoms with Gasteiger partial charge in [0.1, 0.15) is 11.5 Å². The van der Waals surface area contributed by atoms with Gasteiger partial charge in [-0.05, 0) is 76.3 Å². The molecule has 0 atom stereocenters. The fraction of sp³-hybridized carbons (Fsp3) is 0.133. The van der Waals surface area contributed by atoms with Crippen molar-refractivity contribution in [2.24, 2.45) is 5.10 Å². The Morgan fingerprint density at radius 2 is 1.61 bits per heavy atom. The summed E-state index contributed by atoms with van der Waals surface area (Å²) in [6.07, 6.45) is 1.63. The summed E-state index contributed by atoms with van der Waals surface area (Å²) in [5.74, 6) is 1.46. The average Bonchev–Trinajstić information content (AvgIpc) is 2.54. The second-order valence-corrected chi connectivity index (χ2v) is 12.1. The number of rotatable bonds is 7. The Labute approximate surface area is 150 Å². The third kappa shape index (κ3) is 6.40. The topological polar surface area (TPSA) is 34.1 Å². The molecule has 0 saturated heterocycles. The highest BCUT2D eigenvalue weighted by Crippen LogP contribution is 2.59. The van der Waals surface area contributed by atoms with Crippen molar-refractivity contribution in [2.45, 2.75) is 0 Å². The van der Waals surface area contributed by atoms with Crippen molar-refractivity contribution in [3.05, 3.63) is 60.2 Å². The first-order chi connectivity index (χ1) is 10.9. The summed E-state index contributed by atoms with van der Waals surface area (Å²) in [5, 5.41) is 4.12. The quantitative estimate of drug-likeness (QED) is 0.287. The van der Waals surface area contributed by atoms with Gasteiger partial charge in [0.2, 0.25) is 11.7 Å². The normalized spacial score (nSPS) is 11.4. The van der Waals surface area contributed by atoms with E-state index in [2.05, 4.69) is 5.10 Å². The zero-order chi connectivity index (χ0) is 16.7. The SMILES string of the molecule is CN(/N=C/c1ccc(OCOc2ccccc2)cc1)P(=S)(Cl)Cl. The Balaban J connectivity index is 1.85. The minimum Gasteiger partial charge on any atom is -0.458 e. The number of halogens is 2. The molecule has 0 aliphatic heterocycles. The number of para-hydroxylation sites is 1. The summed E-state index contributed by atoms with van der Waals surface area (Å²) >= 11 is 16.7. The number of hydrogen-bond acceptors (Lipinski definition) is 4. The first kappa shape index (κ1) is 18.1. The molecule has 2 rings (SSSR count). The summed E-state index contributed by atoms with van der Waals surface area (Å²) in [5.41, 5.74) is 0.880. The number of benzene rings is 2. The highest BCUT2D eigenvalue weighted by atomic mass is 35.9. The third-order valence-corrected chi connectivity index (χ3v) is 5.58. The molecule has 2 aromatic carbocycles. The van der Waals surface area contributed by atoms with Crippen LogP contribution in [-0.4, -0.2) is 24.8 Å². The fourth-order valence-electron chi connectivity index (χ4n) is 1.54. The highest BCUT2D eigenvalue weighted by Gasteiger charge is 2.12. The molecule has 0 aliphatic rings. The van der Waals surface area contributed by atoms with E-state index in [0.29, 0.717) is 5.75 Å². The van der Waals surface area contributed by atoms with E-state index in [1.165, 1.54) is 4.78 Å². The number of hydrazone groups is 1. The van der Waals surface area contributed by atoms with Gasteiger partial charge in [-0.3, -0.25) is 0 Å². The minimum absolute atomic E-state index is 0.141. The van der Waals surface area contributed by atoms with Crippen LogP contribution in [0.15, 0.2) is 59.7 Å². The molecule has 0 heterocycles. The van der Waals surface area contributed by atoms with Crippen molar-refractivity contribution in [1.29, 1.82) is 0 Å². The molecule has 0 spiro atoms. The van der Waals surface area contributed by atoms with Gasteiger partial charge in [0.15, 0.2) is 0 Å². The van der Waals surface area contributed by atoms with Gasteiger partial charge in [0.05, 0.1) is 6.21 Å². The van der Waals surface area contributed by atoms with Crippen LogP contribution in [0.5, 0.6) is 11.5 Å². The van der Waals surface area contributed by atoms with Gasteiger partial charge in [-0.25, -0.2) is 4.78 Å². The molecular weight excluding hydrogens is 374 g/mol. The molecule has 0 amide bonds. The van der Waals surface area contributed by atoms with Crippen LogP contribution in [-0.2, 0) is 11.8 Å². The van der Waals surface area contributed by atoms with Crippen molar-refractivity contribution < 1.29 is 9.47 Å². The Morgan fingerprint density at radius 1 is 1.04 bits per heavy atom. The van der Waals surface area contributed by atoms with Gasteiger partial charge in [-0.15, -0.1) is 0 Å². The predicted octanol–water partition coefficient (Wildman–Crippen LogP) is 5.07. The fourth-order valence-corrected chi connectivity index (χ4v) is 2.08. The summed E-state index contributed by atoms with van der Waals surface area (Å²) in [6, 6.07) is 16.9. The maximum atomic E-state index is 5.85. The van der Waals surface area contributed by atoms with Crippen molar-refractivity contribution in [1.82, 2.24) is 4.78 Å². The maximum Gasteiger partial charge on any atom is 0.230 e. The molecule has 4 nitrogen and oxygen atoms in total. The van der Waals surface area contributed by atoms with E-state index in [4.69, 9.17) is 43.8 Å². The Morgan fingerprint density at radius 3 is 2.17 bits per heavy atom. The van der Waals surface area contributed by atoms with E-state index in [0.717, 1.165) is 11.3 Å². The predicted molar refractivity (Wildman–Crippen MR) is 100 cm³/mol. The lowest BCUT2D eigenvalue weighted by atomic mass is 10.2. The van der Waals surface area contributed by atoms with Gasteiger partial charge in [-0.2, -0.15) is 5.10 Å². The van der Waals surface area contributed by atoms with E-state index in [1.807, 2.05) is 54.6 Å². The third-order valence-electron chi connectivity index (χ3n) is 2.79. The maximum absolute atomic E-state index is 5.85. The van der Waals surface area contributed by atoms with Crippen LogP contribution in [0, 0.1) is 0 Å². The first-order valence-electron chi connectivity index (χ1n) is 6.63. The number of hydrogen-bond donors (Lipinski definition) is 0. The van der Waals surface area contributed by atoms with E-state index < -0.39 is 4.89 Å². The molecular formula is C15H15Cl2N2O2PS. The van der Waals surface area contributed by atoms with E-state index >= 15 is 0 Å². The van der Waals surface area contributed by atoms with Gasteiger partial charge < -0.3 is 9.47 Å². The van der Waals surface area contributed by atoms with Gasteiger partial charge in [0, 0.05) is 7.05 Å². The van der Waals surface area contributed by atoms with Crippen LogP contribution in [0.3, 0.4) is 0 Å². The van der Waals surface area contributed by atoms with Gasteiger partial charge in [-0.1, -0.05) is 18.2 Å². The highest BCUT2D eigenvalue weighted by molar-refractivity contribution is 8.37. The molecule has 0 radical (unpaired) electrons. The van der Waals surface area contributed by atoms with Crippen molar-refractivity contribution in [3.63, 3.8) is 0 Å². The summed E-state index contributed by atoms with van der Waals surface area (Å²) in [4.78, 5) is -2.58. The molecule has 2 aromatic rings. The lowest BCUT2D eigenvalue weighted by molar-refractivity contribution is 0.120. The molecule has 0 aliphatic carbocycles. The molecule has 0 fully saturated rings. The largest absolute Gasteiger partial charge is 0.458 e. The van der Waals surface area contributed by atoms with Crippen LogP contribution in [0.4, 0.5) is 0 Å². The molecule has 23 heavy (non-hydrogen) atoms. The number of nitrogens with zero attached hydrogens (tertiary/aromatic N) is 2. The molecule has 0 N–H and O–H groups in total. The van der Waals surface area contributed by atoms with E-state index in [-0.39, 0.29) is 6.79 Å². The summed E-state index contributed by atoms with van der Waals surface area (Å²) < 4.78 is 12.4. The van der Waals surface area contributed by atoms with E-state index in [9.17, 15) is 0 Å². The molecule has 0 saturated carbocycles. The molecule has 8 heteroatoms. The monoisotopic (exact) mass is 388 g/mol. The van der Waals surface area contributed by atoms with Crippen LogP contribution < -0.4 is 9.47 Å². The van der Waals surface area contributed by atoms with Crippen molar-refractivity contribution in [2.75, 3.05) is 13.8 Å². The zero-order valence-electron chi connectivity index (χ0n) is 12.3. The molecule has 0 unspecified atom stereocenters. The molecule has 0 aromatic heterocycles. The zero-order valence-corrected chi connectivity index (χ0v) is 15.5. The Kier molecular flexibility index (Phi) is 6.72. The first-order valence-corrected chi connectivity index (χ1v) is 11.2. The second-order valence-electron chi connectivity index (χ2n) is 4.46. The van der Waals surface area contributed by atoms with E-state index in [1.54, 1.807) is 13.3 Å². The van der Waals surface area contributed by atoms with Crippen LogP contribution >= 0.6 is 27.4 Å². The smallest absolute Gasteiger partial charge is 0.230 e. The van der Waals surface area contributed by atoms with Crippen molar-refractivity contribution in [3.8, 4) is 11.5 Å². The van der Waals surface area contributed by atoms with Crippen LogP contribution in [0.1, 0.15) is 5.56 Å². The lowest BCUT2D eigenvalue weighted by Gasteiger charge is -2.15. The average molecular weight is 389 g/mol. The number of ether oxygens (including phenoxy) is 2. The van der Waals surface area contributed by atoms with Crippen molar-refractivity contribution >= 4 is 45.4 Å². The summed E-state index contributed by atoms with van der Waals surface area (Å²) in [7, 11) is 1.65. The van der Waals surface area contributed by atoms with Crippen LogP contribution in [0.25, 0.3) is 0 Å². The summed E-state index contributed by atoms with van der Waals surface area (Å²) in [6.45, 7) is 0.141. The van der Waals surface area contributed by atoms with Gasteiger partial charge >= 0.3 is 0 Å². The van der Waals surface area contributed by atoms with Gasteiger partial charge in [0.25, 0.3) is 0 Å². The standard InChI is InChI=1S/C15H15Cl2N2O2PS/c1-19(22(16,17)23)18-11-13-7-9-15(10-8-13)21-12-20-14-5-3-2-4-6-14/h2-11H,12H2,1H3/b18-11+. The van der Waals surface area contributed by atoms with Crippen LogP contribution in [0.2, 0.25) is 0 Å². The molecule has 122 valence electrons. The second kappa shape index (κ2) is 8.55. The minimum atomic E-state index is -2.58. The molecule has 0 bridgehead atoms. The lowest BCUT2D eigenvalue weighted by Crippen LogP contribution is -2.05. The Hall–Kier alpha value is -1.26. The Bertz CT molecular complexity index is 692.